The van der Waals surface area contributed by atoms with E-state index in [9.17, 15) is 4.39 Å². The minimum absolute atomic E-state index is 0.175. The van der Waals surface area contributed by atoms with Gasteiger partial charge in [0.25, 0.3) is 0 Å². The molecule has 1 heterocycles. The van der Waals surface area contributed by atoms with Gasteiger partial charge in [0.05, 0.1) is 6.04 Å². The molecule has 23 heavy (non-hydrogen) atoms. The van der Waals surface area contributed by atoms with Crippen LogP contribution in [0.25, 0.3) is 0 Å². The minimum Gasteiger partial charge on any atom is -0.378 e. The van der Waals surface area contributed by atoms with Crippen molar-refractivity contribution in [3.05, 3.63) is 65.5 Å². The highest BCUT2D eigenvalue weighted by Gasteiger charge is 2.23. The Labute approximate surface area is 137 Å². The first kappa shape index (κ1) is 16.0. The van der Waals surface area contributed by atoms with Gasteiger partial charge in [-0.3, -0.25) is 4.90 Å². The standard InChI is InChI=1S/C19H24FN3/c1-22(2)18-9-5-16(6-10-18)19(23-13-11-21-12-14-23)15-3-7-17(20)8-4-15/h3-10,19,21H,11-14H2,1-2H3. The molecular formula is C19H24FN3. The molecule has 0 amide bonds. The van der Waals surface area contributed by atoms with Gasteiger partial charge < -0.3 is 10.2 Å². The summed E-state index contributed by atoms with van der Waals surface area (Å²) < 4.78 is 13.3. The predicted molar refractivity (Wildman–Crippen MR) is 93.5 cm³/mol. The summed E-state index contributed by atoms with van der Waals surface area (Å²) in [5.41, 5.74) is 3.59. The van der Waals surface area contributed by atoms with Gasteiger partial charge in [-0.2, -0.15) is 0 Å². The monoisotopic (exact) mass is 313 g/mol. The molecule has 0 bridgehead atoms. The largest absolute Gasteiger partial charge is 0.378 e. The van der Waals surface area contributed by atoms with Gasteiger partial charge in [0, 0.05) is 46.0 Å². The van der Waals surface area contributed by atoms with Crippen LogP contribution in [0.2, 0.25) is 0 Å². The van der Waals surface area contributed by atoms with E-state index in [-0.39, 0.29) is 11.9 Å². The normalized spacial score (nSPS) is 17.0. The third kappa shape index (κ3) is 3.71. The van der Waals surface area contributed by atoms with E-state index in [1.54, 1.807) is 12.1 Å². The molecule has 122 valence electrons. The first-order valence-corrected chi connectivity index (χ1v) is 8.12. The van der Waals surface area contributed by atoms with E-state index < -0.39 is 0 Å². The van der Waals surface area contributed by atoms with E-state index in [0.717, 1.165) is 31.7 Å². The second-order valence-electron chi connectivity index (χ2n) is 6.23. The van der Waals surface area contributed by atoms with Crippen molar-refractivity contribution in [1.29, 1.82) is 0 Å². The molecule has 1 unspecified atom stereocenters. The molecule has 4 heteroatoms. The number of benzene rings is 2. The molecule has 1 aliphatic heterocycles. The van der Waals surface area contributed by atoms with Crippen LogP contribution < -0.4 is 10.2 Å². The molecule has 2 aromatic carbocycles. The maximum atomic E-state index is 13.3. The zero-order chi connectivity index (χ0) is 16.2. The Kier molecular flexibility index (Phi) is 4.94. The Balaban J connectivity index is 1.95. The van der Waals surface area contributed by atoms with Gasteiger partial charge in [0.1, 0.15) is 5.82 Å². The lowest BCUT2D eigenvalue weighted by atomic mass is 9.96. The summed E-state index contributed by atoms with van der Waals surface area (Å²) in [5.74, 6) is -0.184. The van der Waals surface area contributed by atoms with E-state index in [1.807, 2.05) is 26.2 Å². The number of hydrogen-bond donors (Lipinski definition) is 1. The van der Waals surface area contributed by atoms with E-state index >= 15 is 0 Å². The lowest BCUT2D eigenvalue weighted by Gasteiger charge is -2.35. The molecular weight excluding hydrogens is 289 g/mol. The molecule has 1 fully saturated rings. The highest BCUT2D eigenvalue weighted by molar-refractivity contribution is 5.47. The third-order valence-electron chi connectivity index (χ3n) is 4.43. The molecule has 1 N–H and O–H groups in total. The van der Waals surface area contributed by atoms with E-state index in [4.69, 9.17) is 0 Å². The van der Waals surface area contributed by atoms with E-state index in [2.05, 4.69) is 39.4 Å². The number of nitrogens with zero attached hydrogens (tertiary/aromatic N) is 2. The van der Waals surface area contributed by atoms with Crippen LogP contribution in [-0.4, -0.2) is 45.2 Å². The van der Waals surface area contributed by atoms with Crippen molar-refractivity contribution in [1.82, 2.24) is 10.2 Å². The number of hydrogen-bond acceptors (Lipinski definition) is 3. The minimum atomic E-state index is -0.184. The Morgan fingerprint density at radius 1 is 0.913 bits per heavy atom. The van der Waals surface area contributed by atoms with E-state index in [1.165, 1.54) is 11.3 Å². The van der Waals surface area contributed by atoms with Gasteiger partial charge in [-0.25, -0.2) is 4.39 Å². The molecule has 0 spiro atoms. The van der Waals surface area contributed by atoms with Crippen LogP contribution >= 0.6 is 0 Å². The van der Waals surface area contributed by atoms with Gasteiger partial charge in [-0.15, -0.1) is 0 Å². The maximum Gasteiger partial charge on any atom is 0.123 e. The zero-order valence-corrected chi connectivity index (χ0v) is 13.8. The first-order valence-electron chi connectivity index (χ1n) is 8.12. The van der Waals surface area contributed by atoms with Crippen molar-refractivity contribution in [3.8, 4) is 0 Å². The Morgan fingerprint density at radius 2 is 1.43 bits per heavy atom. The highest BCUT2D eigenvalue weighted by atomic mass is 19.1. The highest BCUT2D eigenvalue weighted by Crippen LogP contribution is 2.30. The molecule has 3 nitrogen and oxygen atoms in total. The van der Waals surface area contributed by atoms with Gasteiger partial charge in [-0.05, 0) is 35.4 Å². The summed E-state index contributed by atoms with van der Waals surface area (Å²) in [6, 6.07) is 15.8. The fraction of sp³-hybridized carbons (Fsp3) is 0.368. The summed E-state index contributed by atoms with van der Waals surface area (Å²) in [6.07, 6.45) is 0. The van der Waals surface area contributed by atoms with Crippen molar-refractivity contribution in [2.24, 2.45) is 0 Å². The molecule has 1 atom stereocenters. The van der Waals surface area contributed by atoms with Crippen LogP contribution in [0.3, 0.4) is 0 Å². The molecule has 0 aromatic heterocycles. The molecule has 0 aliphatic carbocycles. The van der Waals surface area contributed by atoms with Crippen LogP contribution in [-0.2, 0) is 0 Å². The second kappa shape index (κ2) is 7.11. The summed E-state index contributed by atoms with van der Waals surface area (Å²) in [4.78, 5) is 4.57. The second-order valence-corrected chi connectivity index (χ2v) is 6.23. The number of anilines is 1. The fourth-order valence-electron chi connectivity index (χ4n) is 3.15. The van der Waals surface area contributed by atoms with Crippen molar-refractivity contribution in [2.75, 3.05) is 45.2 Å². The molecule has 1 aliphatic rings. The average Bonchev–Trinajstić information content (AvgIpc) is 2.58. The summed E-state index contributed by atoms with van der Waals surface area (Å²) in [6.45, 7) is 3.98. The molecule has 2 aromatic rings. The summed E-state index contributed by atoms with van der Waals surface area (Å²) in [7, 11) is 4.09. The Bertz CT molecular complexity index is 616. The van der Waals surface area contributed by atoms with Crippen LogP contribution in [0.1, 0.15) is 17.2 Å². The average molecular weight is 313 g/mol. The predicted octanol–water partition coefficient (Wildman–Crippen LogP) is 2.89. The van der Waals surface area contributed by atoms with Crippen LogP contribution in [0.5, 0.6) is 0 Å². The lowest BCUT2D eigenvalue weighted by molar-refractivity contribution is 0.198. The van der Waals surface area contributed by atoms with Crippen molar-refractivity contribution in [2.45, 2.75) is 6.04 Å². The Morgan fingerprint density at radius 3 is 1.96 bits per heavy atom. The van der Waals surface area contributed by atoms with Gasteiger partial charge in [0.15, 0.2) is 0 Å². The van der Waals surface area contributed by atoms with Crippen molar-refractivity contribution in [3.63, 3.8) is 0 Å². The maximum absolute atomic E-state index is 13.3. The fourth-order valence-corrected chi connectivity index (χ4v) is 3.15. The summed E-state index contributed by atoms with van der Waals surface area (Å²) in [5, 5.41) is 3.40. The molecule has 0 saturated carbocycles. The Hall–Kier alpha value is -1.91. The quantitative estimate of drug-likeness (QED) is 0.936. The topological polar surface area (TPSA) is 18.5 Å². The zero-order valence-electron chi connectivity index (χ0n) is 13.8. The number of rotatable bonds is 4. The molecule has 3 rings (SSSR count). The molecule has 0 radical (unpaired) electrons. The van der Waals surface area contributed by atoms with Crippen LogP contribution in [0.15, 0.2) is 48.5 Å². The van der Waals surface area contributed by atoms with Crippen molar-refractivity contribution < 1.29 is 4.39 Å². The SMILES string of the molecule is CN(C)c1ccc(C(c2ccc(F)cc2)N2CCNCC2)cc1. The molecule has 1 saturated heterocycles. The lowest BCUT2D eigenvalue weighted by Crippen LogP contribution is -2.45. The van der Waals surface area contributed by atoms with Crippen molar-refractivity contribution >= 4 is 5.69 Å². The summed E-state index contributed by atoms with van der Waals surface area (Å²) >= 11 is 0. The van der Waals surface area contributed by atoms with Crippen LogP contribution in [0.4, 0.5) is 10.1 Å². The third-order valence-corrected chi connectivity index (χ3v) is 4.43. The van der Waals surface area contributed by atoms with E-state index in [0.29, 0.717) is 0 Å². The van der Waals surface area contributed by atoms with Gasteiger partial charge in [-0.1, -0.05) is 24.3 Å². The smallest absolute Gasteiger partial charge is 0.123 e. The first-order chi connectivity index (χ1) is 11.1. The number of nitrogens with one attached hydrogen (secondary N) is 1. The number of halogens is 1. The van der Waals surface area contributed by atoms with Gasteiger partial charge >= 0.3 is 0 Å². The van der Waals surface area contributed by atoms with Crippen LogP contribution in [0, 0.1) is 5.82 Å². The number of piperazine rings is 1. The van der Waals surface area contributed by atoms with Gasteiger partial charge in [0.2, 0.25) is 0 Å².